The molecule has 14 nitrogen and oxygen atoms in total. The van der Waals surface area contributed by atoms with Crippen LogP contribution in [0.5, 0.6) is 0 Å². The molecule has 4 atom stereocenters. The topological polar surface area (TPSA) is 175 Å². The average molecular weight is 868 g/mol. The van der Waals surface area contributed by atoms with Crippen LogP contribution in [0.3, 0.4) is 0 Å². The Hall–Kier alpha value is -5.12. The summed E-state index contributed by atoms with van der Waals surface area (Å²) in [6.07, 6.45) is 5.63. The molecular formula is C42H52Cl2N8O6S. The lowest BCUT2D eigenvalue weighted by Gasteiger charge is -2.30. The number of H-pyrrole nitrogens is 2. The molecule has 2 aromatic carbocycles. The Morgan fingerprint density at radius 1 is 0.678 bits per heavy atom. The first-order valence-electron chi connectivity index (χ1n) is 19.5. The monoisotopic (exact) mass is 866 g/mol. The first-order chi connectivity index (χ1) is 27.5. The summed E-state index contributed by atoms with van der Waals surface area (Å²) < 4.78 is 9.56. The molecule has 0 bridgehead atoms. The van der Waals surface area contributed by atoms with E-state index in [1.165, 1.54) is 14.2 Å². The smallest absolute Gasteiger partial charge is 0.407 e. The fourth-order valence-electron chi connectivity index (χ4n) is 8.05. The Bertz CT molecular complexity index is 2270. The SMILES string of the molecule is COC(=O)N[C@H](C(=O)N1CCC[C@H]1c1ncc(-c2ccc(-c3cccc4c(-c5cnc([C@@H]6CCCN6C(=O)[C@@H](NC(=O)OC)C(C)C)[nH]5)cccc34)s2)[nH]1)C(C)C.Cl.Cl. The van der Waals surface area contributed by atoms with Gasteiger partial charge >= 0.3 is 12.2 Å². The summed E-state index contributed by atoms with van der Waals surface area (Å²) in [6, 6.07) is 14.9. The maximum Gasteiger partial charge on any atom is 0.407 e. The largest absolute Gasteiger partial charge is 0.453 e. The number of carbonyl (C=O) groups is 4. The molecule has 2 saturated heterocycles. The molecule has 316 valence electrons. The number of ether oxygens (including phenoxy) is 2. The number of hydrogen-bond donors (Lipinski definition) is 4. The van der Waals surface area contributed by atoms with Crippen molar-refractivity contribution in [2.45, 2.75) is 77.5 Å². The number of hydrogen-bond acceptors (Lipinski definition) is 9. The molecule has 0 saturated carbocycles. The Labute approximate surface area is 360 Å². The van der Waals surface area contributed by atoms with Crippen molar-refractivity contribution in [3.63, 3.8) is 0 Å². The van der Waals surface area contributed by atoms with Crippen LogP contribution in [0, 0.1) is 11.8 Å². The predicted molar refractivity (Wildman–Crippen MR) is 233 cm³/mol. The molecule has 0 aliphatic carbocycles. The second-order valence-electron chi connectivity index (χ2n) is 15.3. The highest BCUT2D eigenvalue weighted by Crippen LogP contribution is 2.41. The number of benzene rings is 2. The van der Waals surface area contributed by atoms with E-state index in [1.54, 1.807) is 11.3 Å². The normalized spacial score (nSPS) is 17.4. The summed E-state index contributed by atoms with van der Waals surface area (Å²) in [4.78, 5) is 73.7. The zero-order chi connectivity index (χ0) is 40.4. The van der Waals surface area contributed by atoms with Gasteiger partial charge in [-0.3, -0.25) is 9.59 Å². The quantitative estimate of drug-likeness (QED) is 0.103. The lowest BCUT2D eigenvalue weighted by molar-refractivity contribution is -0.136. The molecule has 5 aromatic rings. The van der Waals surface area contributed by atoms with Crippen molar-refractivity contribution in [1.82, 2.24) is 40.4 Å². The van der Waals surface area contributed by atoms with Crippen molar-refractivity contribution in [3.05, 3.63) is 72.6 Å². The number of rotatable bonds is 11. The third kappa shape index (κ3) is 9.22. The number of fused-ring (bicyclic) bond motifs is 1. The van der Waals surface area contributed by atoms with Crippen LogP contribution in [-0.4, -0.2) is 93.1 Å². The van der Waals surface area contributed by atoms with Gasteiger partial charge in [-0.25, -0.2) is 19.6 Å². The number of aromatic amines is 2. The molecule has 0 radical (unpaired) electrons. The van der Waals surface area contributed by atoms with Gasteiger partial charge in [-0.15, -0.1) is 36.2 Å². The number of amides is 4. The van der Waals surface area contributed by atoms with Gasteiger partial charge in [0.15, 0.2) is 0 Å². The second kappa shape index (κ2) is 19.3. The summed E-state index contributed by atoms with van der Waals surface area (Å²) in [5.41, 5.74) is 3.83. The summed E-state index contributed by atoms with van der Waals surface area (Å²) in [6.45, 7) is 8.79. The fraction of sp³-hybridized carbons (Fsp3) is 0.429. The Kier molecular flexibility index (Phi) is 14.7. The van der Waals surface area contributed by atoms with Gasteiger partial charge in [-0.05, 0) is 66.0 Å². The molecule has 4 N–H and O–H groups in total. The van der Waals surface area contributed by atoms with Crippen molar-refractivity contribution >= 4 is 70.9 Å². The van der Waals surface area contributed by atoms with Gasteiger partial charge in [0.25, 0.3) is 0 Å². The van der Waals surface area contributed by atoms with E-state index in [0.717, 1.165) is 74.5 Å². The van der Waals surface area contributed by atoms with Crippen LogP contribution < -0.4 is 10.6 Å². The third-order valence-electron chi connectivity index (χ3n) is 11.0. The van der Waals surface area contributed by atoms with Crippen molar-refractivity contribution in [1.29, 1.82) is 0 Å². The zero-order valence-corrected chi connectivity index (χ0v) is 36.4. The Balaban J connectivity index is 0.00000331. The molecular weight excluding hydrogens is 815 g/mol. The van der Waals surface area contributed by atoms with Crippen LogP contribution in [0.15, 0.2) is 60.9 Å². The standard InChI is InChI=1S/C42H50N8O6S.2ClH/c1-23(2)35(47-41(53)55-5)39(51)49-19-9-15-31(49)37-43-21-29(45-37)27-13-7-12-26-25(27)11-8-14-28(26)33-17-18-34(57-33)30-22-44-38(46-30)32-16-10-20-50(32)40(52)36(24(3)4)48-42(54)56-6;;/h7-8,11-14,17-18,21-24,31-32,35-36H,9-10,15-16,19-20H2,1-6H3,(H,43,45)(H,44,46)(H,47,53)(H,48,54);2*1H/t31-,32-,35-,36-;;/m0../s1. The highest BCUT2D eigenvalue weighted by atomic mass is 35.5. The molecule has 0 spiro atoms. The van der Waals surface area contributed by atoms with E-state index in [-0.39, 0.29) is 60.5 Å². The number of aromatic nitrogens is 4. The molecule has 2 aliphatic rings. The molecule has 4 amide bonds. The van der Waals surface area contributed by atoms with Crippen molar-refractivity contribution in [2.24, 2.45) is 11.8 Å². The number of alkyl carbamates (subject to hydrolysis) is 2. The van der Waals surface area contributed by atoms with Crippen LogP contribution in [-0.2, 0) is 19.1 Å². The van der Waals surface area contributed by atoms with E-state index in [4.69, 9.17) is 19.4 Å². The minimum Gasteiger partial charge on any atom is -0.453 e. The van der Waals surface area contributed by atoms with Gasteiger partial charge in [0, 0.05) is 23.5 Å². The molecule has 3 aromatic heterocycles. The van der Waals surface area contributed by atoms with Gasteiger partial charge in [0.05, 0.1) is 55.0 Å². The highest BCUT2D eigenvalue weighted by Gasteiger charge is 2.39. The van der Waals surface area contributed by atoms with Crippen molar-refractivity contribution in [2.75, 3.05) is 27.3 Å². The summed E-state index contributed by atoms with van der Waals surface area (Å²) in [7, 11) is 2.58. The van der Waals surface area contributed by atoms with Crippen LogP contribution >= 0.6 is 36.2 Å². The lowest BCUT2D eigenvalue weighted by Crippen LogP contribution is -2.51. The number of likely N-dealkylation sites (tertiary alicyclic amines) is 2. The first-order valence-corrected chi connectivity index (χ1v) is 20.3. The van der Waals surface area contributed by atoms with Gasteiger partial charge in [-0.2, -0.15) is 0 Å². The number of nitrogens with one attached hydrogen (secondary N) is 4. The fourth-order valence-corrected chi connectivity index (χ4v) is 9.06. The molecule has 7 rings (SSSR count). The van der Waals surface area contributed by atoms with E-state index in [9.17, 15) is 19.2 Å². The average Bonchev–Trinajstić information content (AvgIpc) is 4.06. The Morgan fingerprint density at radius 3 is 1.64 bits per heavy atom. The number of carbonyl (C=O) groups excluding carboxylic acids is 4. The van der Waals surface area contributed by atoms with Crippen LogP contribution in [0.1, 0.15) is 77.1 Å². The number of nitrogens with zero attached hydrogens (tertiary/aromatic N) is 4. The molecule has 59 heavy (non-hydrogen) atoms. The second-order valence-corrected chi connectivity index (χ2v) is 16.4. The summed E-state index contributed by atoms with van der Waals surface area (Å²) in [5, 5.41) is 7.58. The third-order valence-corrected chi connectivity index (χ3v) is 12.2. The van der Waals surface area contributed by atoms with Crippen LogP contribution in [0.2, 0.25) is 0 Å². The molecule has 17 heteroatoms. The summed E-state index contributed by atoms with van der Waals surface area (Å²) in [5.74, 6) is 0.924. The predicted octanol–water partition coefficient (Wildman–Crippen LogP) is 8.28. The van der Waals surface area contributed by atoms with Crippen molar-refractivity contribution < 1.29 is 28.7 Å². The van der Waals surface area contributed by atoms with E-state index < -0.39 is 24.3 Å². The Morgan fingerprint density at radius 2 is 1.14 bits per heavy atom. The number of halogens is 2. The van der Waals surface area contributed by atoms with Gasteiger partial charge < -0.3 is 39.9 Å². The van der Waals surface area contributed by atoms with Gasteiger partial charge in [0.2, 0.25) is 11.8 Å². The van der Waals surface area contributed by atoms with Crippen LogP contribution in [0.25, 0.3) is 43.0 Å². The maximum atomic E-state index is 13.7. The van der Waals surface area contributed by atoms with E-state index >= 15 is 0 Å². The number of imidazole rings is 2. The molecule has 5 heterocycles. The zero-order valence-electron chi connectivity index (χ0n) is 33.9. The summed E-state index contributed by atoms with van der Waals surface area (Å²) >= 11 is 1.66. The molecule has 0 unspecified atom stereocenters. The van der Waals surface area contributed by atoms with Gasteiger partial charge in [-0.1, -0.05) is 64.1 Å². The molecule has 2 aliphatic heterocycles. The minimum atomic E-state index is -0.703. The number of methoxy groups -OCH3 is 2. The van der Waals surface area contributed by atoms with E-state index in [1.807, 2.05) is 56.0 Å². The lowest BCUT2D eigenvalue weighted by atomic mass is 9.98. The highest BCUT2D eigenvalue weighted by molar-refractivity contribution is 7.18. The van der Waals surface area contributed by atoms with Gasteiger partial charge in [0.1, 0.15) is 23.7 Å². The van der Waals surface area contributed by atoms with E-state index in [2.05, 4.69) is 63.1 Å². The van der Waals surface area contributed by atoms with E-state index in [0.29, 0.717) is 18.9 Å². The number of thiophene rings is 1. The molecule has 2 fully saturated rings. The van der Waals surface area contributed by atoms with Crippen molar-refractivity contribution in [3.8, 4) is 32.3 Å². The van der Waals surface area contributed by atoms with Crippen LogP contribution in [0.4, 0.5) is 9.59 Å². The first kappa shape index (κ1) is 45.0. The maximum absolute atomic E-state index is 13.7. The minimum absolute atomic E-state index is 0.